The third kappa shape index (κ3) is 2.20. The lowest BCUT2D eigenvalue weighted by Gasteiger charge is -2.11. The van der Waals surface area contributed by atoms with Crippen molar-refractivity contribution in [3.63, 3.8) is 0 Å². The van der Waals surface area contributed by atoms with E-state index in [2.05, 4.69) is 5.18 Å². The first kappa shape index (κ1) is 14.1. The molecule has 22 heavy (non-hydrogen) atoms. The van der Waals surface area contributed by atoms with Gasteiger partial charge in [0.1, 0.15) is 5.75 Å². The summed E-state index contributed by atoms with van der Waals surface area (Å²) in [6, 6.07) is 13.3. The minimum atomic E-state index is -0.124. The predicted molar refractivity (Wildman–Crippen MR) is 85.9 cm³/mol. The zero-order valence-corrected chi connectivity index (χ0v) is 12.4. The number of aromatic nitrogens is 1. The highest BCUT2D eigenvalue weighted by Gasteiger charge is 2.18. The summed E-state index contributed by atoms with van der Waals surface area (Å²) in [6.07, 6.45) is 0. The Morgan fingerprint density at radius 2 is 2.00 bits per heavy atom. The lowest BCUT2D eigenvalue weighted by atomic mass is 10.1. The second-order valence-electron chi connectivity index (χ2n) is 5.18. The summed E-state index contributed by atoms with van der Waals surface area (Å²) in [5, 5.41) is 14.0. The molecule has 0 saturated heterocycles. The van der Waals surface area contributed by atoms with Crippen molar-refractivity contribution in [2.24, 2.45) is 5.18 Å². The van der Waals surface area contributed by atoms with E-state index in [0.29, 0.717) is 11.9 Å². The highest BCUT2D eigenvalue weighted by Crippen LogP contribution is 2.39. The van der Waals surface area contributed by atoms with E-state index in [9.17, 15) is 10.0 Å². The maximum atomic E-state index is 11.1. The molecule has 1 N–H and O–H groups in total. The number of methoxy groups -OCH3 is 1. The molecule has 0 aliphatic carbocycles. The van der Waals surface area contributed by atoms with Crippen molar-refractivity contribution in [1.82, 2.24) is 4.57 Å². The number of hydrogen-bond donors (Lipinski definition) is 1. The first-order valence-electron chi connectivity index (χ1n) is 6.92. The molecule has 0 aliphatic heterocycles. The van der Waals surface area contributed by atoms with Crippen LogP contribution in [-0.4, -0.2) is 16.8 Å². The summed E-state index contributed by atoms with van der Waals surface area (Å²) in [4.78, 5) is 11.1. The van der Waals surface area contributed by atoms with E-state index < -0.39 is 0 Å². The van der Waals surface area contributed by atoms with Crippen LogP contribution in [0.1, 0.15) is 11.1 Å². The van der Waals surface area contributed by atoms with Crippen LogP contribution >= 0.6 is 0 Å². The van der Waals surface area contributed by atoms with Crippen LogP contribution in [0.25, 0.3) is 10.9 Å². The molecule has 0 fully saturated rings. The normalized spacial score (nSPS) is 10.8. The standard InChI is InChI=1S/C17H16N2O3/c1-11-7-8-14-13(9-11)16(18-21)17(20)19(14)10-12-5-3-4-6-15(12)22-2/h3-9,20H,10H2,1-2H3. The van der Waals surface area contributed by atoms with E-state index in [1.54, 1.807) is 11.7 Å². The first-order valence-corrected chi connectivity index (χ1v) is 6.92. The van der Waals surface area contributed by atoms with Crippen LogP contribution in [0.4, 0.5) is 5.69 Å². The van der Waals surface area contributed by atoms with Gasteiger partial charge in [0.05, 0.1) is 19.2 Å². The number of para-hydroxylation sites is 1. The van der Waals surface area contributed by atoms with Crippen molar-refractivity contribution in [1.29, 1.82) is 0 Å². The third-order valence-electron chi connectivity index (χ3n) is 3.78. The summed E-state index contributed by atoms with van der Waals surface area (Å²) >= 11 is 0. The SMILES string of the molecule is COc1ccccc1Cn1c(O)c(N=O)c2cc(C)ccc21. The van der Waals surface area contributed by atoms with E-state index in [4.69, 9.17) is 4.74 Å². The van der Waals surface area contributed by atoms with Gasteiger partial charge < -0.3 is 14.4 Å². The van der Waals surface area contributed by atoms with Gasteiger partial charge in [-0.1, -0.05) is 29.8 Å². The van der Waals surface area contributed by atoms with E-state index >= 15 is 0 Å². The van der Waals surface area contributed by atoms with Crippen LogP contribution in [0.3, 0.4) is 0 Å². The molecule has 0 radical (unpaired) electrons. The second-order valence-corrected chi connectivity index (χ2v) is 5.18. The van der Waals surface area contributed by atoms with Gasteiger partial charge in [-0.05, 0) is 30.3 Å². The molecule has 1 aromatic heterocycles. The van der Waals surface area contributed by atoms with E-state index in [1.807, 2.05) is 49.4 Å². The molecule has 0 atom stereocenters. The molecule has 112 valence electrons. The van der Waals surface area contributed by atoms with Crippen molar-refractivity contribution in [3.05, 3.63) is 58.5 Å². The number of nitroso groups, excluding NO2 is 1. The fraction of sp³-hybridized carbons (Fsp3) is 0.176. The quantitative estimate of drug-likeness (QED) is 0.737. The molecule has 0 bridgehead atoms. The van der Waals surface area contributed by atoms with Crippen LogP contribution in [0, 0.1) is 11.8 Å². The summed E-state index contributed by atoms with van der Waals surface area (Å²) in [6.45, 7) is 2.33. The molecule has 5 nitrogen and oxygen atoms in total. The summed E-state index contributed by atoms with van der Waals surface area (Å²) < 4.78 is 7.01. The van der Waals surface area contributed by atoms with Gasteiger partial charge in [0.2, 0.25) is 5.88 Å². The lowest BCUT2D eigenvalue weighted by Crippen LogP contribution is -2.01. The number of aryl methyl sites for hydroxylation is 1. The lowest BCUT2D eigenvalue weighted by molar-refractivity contribution is 0.403. The van der Waals surface area contributed by atoms with E-state index in [1.165, 1.54) is 0 Å². The molecular formula is C17H16N2O3. The Morgan fingerprint density at radius 1 is 1.23 bits per heavy atom. The van der Waals surface area contributed by atoms with Gasteiger partial charge in [-0.3, -0.25) is 0 Å². The predicted octanol–water partition coefficient (Wildman–Crippen LogP) is 4.11. The summed E-state index contributed by atoms with van der Waals surface area (Å²) in [7, 11) is 1.61. The molecule has 2 aromatic carbocycles. The van der Waals surface area contributed by atoms with Crippen LogP contribution in [0.15, 0.2) is 47.6 Å². The van der Waals surface area contributed by atoms with Crippen molar-refractivity contribution in [3.8, 4) is 11.6 Å². The largest absolute Gasteiger partial charge is 0.496 e. The van der Waals surface area contributed by atoms with Gasteiger partial charge in [0, 0.05) is 10.9 Å². The molecule has 3 rings (SSSR count). The van der Waals surface area contributed by atoms with Gasteiger partial charge in [-0.25, -0.2) is 0 Å². The number of benzene rings is 2. The number of rotatable bonds is 4. The Balaban J connectivity index is 2.19. The smallest absolute Gasteiger partial charge is 0.222 e. The maximum Gasteiger partial charge on any atom is 0.222 e. The molecule has 0 spiro atoms. The Kier molecular flexibility index (Phi) is 3.55. The first-order chi connectivity index (χ1) is 10.7. The molecule has 5 heteroatoms. The Bertz CT molecular complexity index is 852. The summed E-state index contributed by atoms with van der Waals surface area (Å²) in [5.74, 6) is 0.609. The zero-order valence-electron chi connectivity index (χ0n) is 12.4. The third-order valence-corrected chi connectivity index (χ3v) is 3.78. The van der Waals surface area contributed by atoms with Crippen LogP contribution in [-0.2, 0) is 6.54 Å². The van der Waals surface area contributed by atoms with Crippen LogP contribution < -0.4 is 4.74 Å². The van der Waals surface area contributed by atoms with Crippen LogP contribution in [0.5, 0.6) is 11.6 Å². The fourth-order valence-corrected chi connectivity index (χ4v) is 2.69. The Labute approximate surface area is 127 Å². The molecule has 3 aromatic rings. The second kappa shape index (κ2) is 5.52. The molecular weight excluding hydrogens is 280 g/mol. The number of ether oxygens (including phenoxy) is 1. The minimum absolute atomic E-state index is 0.0774. The van der Waals surface area contributed by atoms with Crippen molar-refractivity contribution in [2.75, 3.05) is 7.11 Å². The molecule has 0 aliphatic rings. The highest BCUT2D eigenvalue weighted by atomic mass is 16.5. The zero-order chi connectivity index (χ0) is 15.7. The molecule has 0 saturated carbocycles. The molecule has 1 heterocycles. The number of fused-ring (bicyclic) bond motifs is 1. The fourth-order valence-electron chi connectivity index (χ4n) is 2.69. The van der Waals surface area contributed by atoms with Gasteiger partial charge in [0.25, 0.3) is 0 Å². The van der Waals surface area contributed by atoms with E-state index in [-0.39, 0.29) is 11.6 Å². The topological polar surface area (TPSA) is 63.8 Å². The number of nitrogens with zero attached hydrogens (tertiary/aromatic N) is 2. The van der Waals surface area contributed by atoms with Gasteiger partial charge in [-0.15, -0.1) is 4.91 Å². The van der Waals surface area contributed by atoms with Crippen molar-refractivity contribution in [2.45, 2.75) is 13.5 Å². The number of aromatic hydroxyl groups is 1. The average Bonchev–Trinajstić information content (AvgIpc) is 2.79. The van der Waals surface area contributed by atoms with Gasteiger partial charge >= 0.3 is 0 Å². The number of hydrogen-bond acceptors (Lipinski definition) is 4. The Hall–Kier alpha value is -2.82. The van der Waals surface area contributed by atoms with Gasteiger partial charge in [0.15, 0.2) is 5.69 Å². The Morgan fingerprint density at radius 3 is 2.73 bits per heavy atom. The average molecular weight is 296 g/mol. The summed E-state index contributed by atoms with van der Waals surface area (Å²) in [5.41, 5.74) is 2.76. The van der Waals surface area contributed by atoms with Gasteiger partial charge in [-0.2, -0.15) is 0 Å². The van der Waals surface area contributed by atoms with Crippen molar-refractivity contribution >= 4 is 16.6 Å². The highest BCUT2D eigenvalue weighted by molar-refractivity contribution is 5.95. The van der Waals surface area contributed by atoms with E-state index in [0.717, 1.165) is 22.4 Å². The monoisotopic (exact) mass is 296 g/mol. The van der Waals surface area contributed by atoms with Crippen molar-refractivity contribution < 1.29 is 9.84 Å². The molecule has 0 unspecified atom stereocenters. The maximum absolute atomic E-state index is 11.1. The minimum Gasteiger partial charge on any atom is -0.496 e. The van der Waals surface area contributed by atoms with Crippen LogP contribution in [0.2, 0.25) is 0 Å². The molecule has 0 amide bonds.